The van der Waals surface area contributed by atoms with E-state index in [1.165, 1.54) is 47.9 Å². The lowest BCUT2D eigenvalue weighted by molar-refractivity contribution is 0.553. The van der Waals surface area contributed by atoms with Crippen molar-refractivity contribution >= 4 is 16.5 Å². The highest BCUT2D eigenvalue weighted by atomic mass is 32.1. The maximum absolute atomic E-state index is 5.03. The van der Waals surface area contributed by atoms with E-state index in [9.17, 15) is 0 Å². The quantitative estimate of drug-likeness (QED) is 0.747. The second-order valence-electron chi connectivity index (χ2n) is 7.09. The molecule has 4 heteroatoms. The lowest BCUT2D eigenvalue weighted by Crippen LogP contribution is -2.24. The number of nitrogens with one attached hydrogen (secondary N) is 1. The molecule has 21 heavy (non-hydrogen) atoms. The van der Waals surface area contributed by atoms with Crippen molar-refractivity contribution in [3.63, 3.8) is 0 Å². The van der Waals surface area contributed by atoms with Gasteiger partial charge in [0.25, 0.3) is 0 Å². The van der Waals surface area contributed by atoms with Gasteiger partial charge in [0.1, 0.15) is 0 Å². The molecule has 0 saturated heterocycles. The molecule has 1 heterocycles. The van der Waals surface area contributed by atoms with Crippen molar-refractivity contribution in [1.29, 1.82) is 0 Å². The van der Waals surface area contributed by atoms with Crippen molar-refractivity contribution in [2.75, 3.05) is 24.5 Å². The molecule has 0 spiro atoms. The molecule has 3 rings (SSSR count). The van der Waals surface area contributed by atoms with E-state index in [0.717, 1.165) is 31.5 Å². The SMILES string of the molecule is CCN(CC1CC1)c1nc(C2CC2)c(CNCC(C)C)s1. The van der Waals surface area contributed by atoms with Gasteiger partial charge in [0.15, 0.2) is 5.13 Å². The van der Waals surface area contributed by atoms with Crippen molar-refractivity contribution in [3.8, 4) is 0 Å². The molecule has 2 saturated carbocycles. The van der Waals surface area contributed by atoms with Crippen LogP contribution in [0.2, 0.25) is 0 Å². The van der Waals surface area contributed by atoms with Crippen LogP contribution in [0.25, 0.3) is 0 Å². The minimum absolute atomic E-state index is 0.712. The van der Waals surface area contributed by atoms with Crippen LogP contribution in [-0.2, 0) is 6.54 Å². The molecule has 0 unspecified atom stereocenters. The van der Waals surface area contributed by atoms with E-state index in [1.54, 1.807) is 0 Å². The van der Waals surface area contributed by atoms with Gasteiger partial charge in [-0.2, -0.15) is 0 Å². The van der Waals surface area contributed by atoms with Crippen molar-refractivity contribution in [3.05, 3.63) is 10.6 Å². The van der Waals surface area contributed by atoms with E-state index < -0.39 is 0 Å². The van der Waals surface area contributed by atoms with Gasteiger partial charge in [-0.1, -0.05) is 13.8 Å². The molecular formula is C17H29N3S. The largest absolute Gasteiger partial charge is 0.348 e. The Morgan fingerprint density at radius 1 is 1.29 bits per heavy atom. The Balaban J connectivity index is 1.68. The highest BCUT2D eigenvalue weighted by Crippen LogP contribution is 2.44. The molecule has 0 aliphatic heterocycles. The van der Waals surface area contributed by atoms with Crippen molar-refractivity contribution in [2.45, 2.75) is 58.9 Å². The number of anilines is 1. The highest BCUT2D eigenvalue weighted by molar-refractivity contribution is 7.15. The third kappa shape index (κ3) is 4.19. The molecule has 1 aromatic heterocycles. The van der Waals surface area contributed by atoms with Crippen LogP contribution >= 0.6 is 11.3 Å². The van der Waals surface area contributed by atoms with Gasteiger partial charge in [-0.25, -0.2) is 4.98 Å². The van der Waals surface area contributed by atoms with Crippen molar-refractivity contribution < 1.29 is 0 Å². The number of thiazole rings is 1. The summed E-state index contributed by atoms with van der Waals surface area (Å²) in [6.07, 6.45) is 5.52. The summed E-state index contributed by atoms with van der Waals surface area (Å²) in [7, 11) is 0. The molecule has 2 aliphatic carbocycles. The monoisotopic (exact) mass is 307 g/mol. The zero-order valence-electron chi connectivity index (χ0n) is 13.7. The van der Waals surface area contributed by atoms with E-state index in [2.05, 4.69) is 31.0 Å². The summed E-state index contributed by atoms with van der Waals surface area (Å²) in [4.78, 5) is 9.01. The van der Waals surface area contributed by atoms with Crippen LogP contribution in [0.4, 0.5) is 5.13 Å². The molecule has 118 valence electrons. The minimum atomic E-state index is 0.712. The number of rotatable bonds is 9. The molecule has 3 nitrogen and oxygen atoms in total. The van der Waals surface area contributed by atoms with Gasteiger partial charge in [-0.05, 0) is 51.0 Å². The zero-order chi connectivity index (χ0) is 14.8. The topological polar surface area (TPSA) is 28.2 Å². The van der Waals surface area contributed by atoms with Crippen LogP contribution in [0.1, 0.15) is 62.9 Å². The van der Waals surface area contributed by atoms with E-state index in [4.69, 9.17) is 4.98 Å². The minimum Gasteiger partial charge on any atom is -0.348 e. The lowest BCUT2D eigenvalue weighted by Gasteiger charge is -2.19. The van der Waals surface area contributed by atoms with Gasteiger partial charge in [-0.3, -0.25) is 0 Å². The summed E-state index contributed by atoms with van der Waals surface area (Å²) in [5.41, 5.74) is 1.40. The van der Waals surface area contributed by atoms with Gasteiger partial charge >= 0.3 is 0 Å². The van der Waals surface area contributed by atoms with E-state index in [-0.39, 0.29) is 0 Å². The first kappa shape index (κ1) is 15.3. The second-order valence-corrected chi connectivity index (χ2v) is 8.15. The van der Waals surface area contributed by atoms with Crippen LogP contribution in [0.3, 0.4) is 0 Å². The summed E-state index contributed by atoms with van der Waals surface area (Å²) in [5, 5.41) is 4.87. The summed E-state index contributed by atoms with van der Waals surface area (Å²) in [6.45, 7) is 11.2. The molecule has 1 aromatic rings. The first-order valence-electron chi connectivity index (χ1n) is 8.62. The standard InChI is InChI=1S/C17H29N3S/c1-4-20(11-13-5-6-13)17-19-16(14-7-8-14)15(21-17)10-18-9-12(2)3/h12-14,18H,4-11H2,1-3H3. The fourth-order valence-electron chi connectivity index (χ4n) is 2.72. The van der Waals surface area contributed by atoms with Crippen molar-refractivity contribution in [1.82, 2.24) is 10.3 Å². The molecular weight excluding hydrogens is 278 g/mol. The first-order valence-corrected chi connectivity index (χ1v) is 9.44. The number of hydrogen-bond acceptors (Lipinski definition) is 4. The normalized spacial score (nSPS) is 18.5. The lowest BCUT2D eigenvalue weighted by atomic mass is 10.2. The molecule has 0 radical (unpaired) electrons. The van der Waals surface area contributed by atoms with Gasteiger partial charge in [0, 0.05) is 30.4 Å². The highest BCUT2D eigenvalue weighted by Gasteiger charge is 2.31. The van der Waals surface area contributed by atoms with Crippen LogP contribution in [0, 0.1) is 11.8 Å². The van der Waals surface area contributed by atoms with Gasteiger partial charge in [0.2, 0.25) is 0 Å². The number of hydrogen-bond donors (Lipinski definition) is 1. The number of nitrogens with zero attached hydrogens (tertiary/aromatic N) is 2. The molecule has 2 fully saturated rings. The van der Waals surface area contributed by atoms with Crippen LogP contribution in [0.5, 0.6) is 0 Å². The molecule has 0 atom stereocenters. The first-order chi connectivity index (χ1) is 10.2. The smallest absolute Gasteiger partial charge is 0.185 e. The summed E-state index contributed by atoms with van der Waals surface area (Å²) < 4.78 is 0. The molecule has 0 amide bonds. The van der Waals surface area contributed by atoms with Crippen LogP contribution < -0.4 is 10.2 Å². The molecule has 1 N–H and O–H groups in total. The third-order valence-corrected chi connectivity index (χ3v) is 5.48. The fraction of sp³-hybridized carbons (Fsp3) is 0.824. The maximum atomic E-state index is 5.03. The van der Waals surface area contributed by atoms with E-state index in [1.807, 2.05) is 11.3 Å². The average molecular weight is 308 g/mol. The van der Waals surface area contributed by atoms with E-state index >= 15 is 0 Å². The Kier molecular flexibility index (Phi) is 4.85. The fourth-order valence-corrected chi connectivity index (χ4v) is 3.91. The Labute approximate surface area is 133 Å². The summed E-state index contributed by atoms with van der Waals surface area (Å²) in [6, 6.07) is 0. The molecule has 0 bridgehead atoms. The van der Waals surface area contributed by atoms with Gasteiger partial charge < -0.3 is 10.2 Å². The van der Waals surface area contributed by atoms with Crippen LogP contribution in [0.15, 0.2) is 0 Å². The van der Waals surface area contributed by atoms with Gasteiger partial charge in [0.05, 0.1) is 5.69 Å². The second kappa shape index (κ2) is 6.66. The zero-order valence-corrected chi connectivity index (χ0v) is 14.5. The molecule has 2 aliphatic rings. The van der Waals surface area contributed by atoms with Crippen molar-refractivity contribution in [2.24, 2.45) is 11.8 Å². The summed E-state index contributed by atoms with van der Waals surface area (Å²) >= 11 is 1.93. The molecule has 0 aromatic carbocycles. The summed E-state index contributed by atoms with van der Waals surface area (Å²) in [5.74, 6) is 2.40. The predicted octanol–water partition coefficient (Wildman–Crippen LogP) is 4.00. The number of aromatic nitrogens is 1. The van der Waals surface area contributed by atoms with Gasteiger partial charge in [-0.15, -0.1) is 11.3 Å². The Hall–Kier alpha value is -0.610. The van der Waals surface area contributed by atoms with Crippen LogP contribution in [-0.4, -0.2) is 24.6 Å². The average Bonchev–Trinajstić information content (AvgIpc) is 3.36. The Morgan fingerprint density at radius 2 is 2.05 bits per heavy atom. The maximum Gasteiger partial charge on any atom is 0.185 e. The Bertz CT molecular complexity index is 461. The van der Waals surface area contributed by atoms with E-state index in [0.29, 0.717) is 5.92 Å². The predicted molar refractivity (Wildman–Crippen MR) is 91.2 cm³/mol. The third-order valence-electron chi connectivity index (χ3n) is 4.35. The Morgan fingerprint density at radius 3 is 2.62 bits per heavy atom.